The van der Waals surface area contributed by atoms with Crippen molar-refractivity contribution < 1.29 is 5.11 Å². The second-order valence-electron chi connectivity index (χ2n) is 4.15. The molecule has 0 saturated heterocycles. The van der Waals surface area contributed by atoms with Crippen molar-refractivity contribution in [2.45, 2.75) is 19.9 Å². The molecule has 0 spiro atoms. The Morgan fingerprint density at radius 3 is 2.62 bits per heavy atom. The quantitative estimate of drug-likeness (QED) is 0.858. The number of hydrogen-bond acceptors (Lipinski definition) is 3. The Balaban J connectivity index is 2.18. The van der Waals surface area contributed by atoms with E-state index < -0.39 is 0 Å². The third-order valence-electron chi connectivity index (χ3n) is 2.66. The number of nitrogens with zero attached hydrogens (tertiary/aromatic N) is 2. The lowest BCUT2D eigenvalue weighted by Crippen LogP contribution is -2.30. The maximum Gasteiger partial charge on any atom is 0.117 e. The Hall–Kier alpha value is -1.35. The molecule has 4 heteroatoms. The summed E-state index contributed by atoms with van der Waals surface area (Å²) in [6.45, 7) is 5.08. The van der Waals surface area contributed by atoms with Crippen molar-refractivity contribution in [3.8, 4) is 5.75 Å². The predicted molar refractivity (Wildman–Crippen MR) is 66.6 cm³/mol. The molecule has 1 aliphatic rings. The van der Waals surface area contributed by atoms with Gasteiger partial charge in [-0.3, -0.25) is 0 Å². The van der Waals surface area contributed by atoms with Crippen LogP contribution >= 0.6 is 11.6 Å². The molecule has 1 N–H and O–H groups in total. The number of benzene rings is 1. The third-order valence-corrected chi connectivity index (χ3v) is 2.96. The first-order valence-electron chi connectivity index (χ1n) is 5.27. The molecule has 0 atom stereocenters. The fourth-order valence-electron chi connectivity index (χ4n) is 1.66. The number of phenolic OH excluding ortho intramolecular Hbond substituents is 1. The van der Waals surface area contributed by atoms with Crippen LogP contribution in [0.1, 0.15) is 13.8 Å². The molecule has 0 saturated carbocycles. The molecular formula is C12H15ClN2O. The molecule has 1 aliphatic heterocycles. The van der Waals surface area contributed by atoms with E-state index in [1.807, 2.05) is 18.5 Å². The molecule has 0 bridgehead atoms. The van der Waals surface area contributed by atoms with Gasteiger partial charge in [0.15, 0.2) is 0 Å². The first kappa shape index (κ1) is 11.1. The van der Waals surface area contributed by atoms with E-state index in [1.54, 1.807) is 12.1 Å². The standard InChI is InChI=1S/C12H15ClN2O/c1-9(2)14-5-6-15(8-14)12-4-3-10(16)7-11(12)13/h3-7,9,16H,8H2,1-2H3. The highest BCUT2D eigenvalue weighted by molar-refractivity contribution is 6.33. The molecule has 16 heavy (non-hydrogen) atoms. The minimum absolute atomic E-state index is 0.192. The summed E-state index contributed by atoms with van der Waals surface area (Å²) in [5.74, 6) is 0.192. The highest BCUT2D eigenvalue weighted by Crippen LogP contribution is 2.31. The van der Waals surface area contributed by atoms with Gasteiger partial charge in [0.1, 0.15) is 5.75 Å². The largest absolute Gasteiger partial charge is 0.508 e. The van der Waals surface area contributed by atoms with Crippen LogP contribution in [0.3, 0.4) is 0 Å². The average Bonchev–Trinajstić information content (AvgIpc) is 2.66. The number of aromatic hydroxyl groups is 1. The van der Waals surface area contributed by atoms with Crippen molar-refractivity contribution in [2.75, 3.05) is 11.6 Å². The van der Waals surface area contributed by atoms with Gasteiger partial charge in [-0.1, -0.05) is 11.6 Å². The van der Waals surface area contributed by atoms with Crippen LogP contribution in [-0.4, -0.2) is 22.7 Å². The van der Waals surface area contributed by atoms with E-state index in [9.17, 15) is 5.11 Å². The van der Waals surface area contributed by atoms with E-state index in [-0.39, 0.29) is 5.75 Å². The zero-order chi connectivity index (χ0) is 11.7. The van der Waals surface area contributed by atoms with Crippen LogP contribution in [-0.2, 0) is 0 Å². The summed E-state index contributed by atoms with van der Waals surface area (Å²) < 4.78 is 0. The Labute approximate surface area is 101 Å². The zero-order valence-corrected chi connectivity index (χ0v) is 10.1. The van der Waals surface area contributed by atoms with E-state index in [1.165, 1.54) is 0 Å². The normalized spacial score (nSPS) is 15.2. The summed E-state index contributed by atoms with van der Waals surface area (Å²) >= 11 is 6.08. The van der Waals surface area contributed by atoms with Crippen LogP contribution in [0.4, 0.5) is 5.69 Å². The van der Waals surface area contributed by atoms with Crippen molar-refractivity contribution in [1.82, 2.24) is 4.90 Å². The Morgan fingerprint density at radius 1 is 1.31 bits per heavy atom. The van der Waals surface area contributed by atoms with Gasteiger partial charge in [0, 0.05) is 24.5 Å². The molecule has 0 fully saturated rings. The van der Waals surface area contributed by atoms with E-state index >= 15 is 0 Å². The molecule has 0 aromatic heterocycles. The first-order valence-corrected chi connectivity index (χ1v) is 5.65. The average molecular weight is 239 g/mol. The van der Waals surface area contributed by atoms with Gasteiger partial charge in [-0.2, -0.15) is 0 Å². The van der Waals surface area contributed by atoms with Crippen molar-refractivity contribution in [3.05, 3.63) is 35.6 Å². The smallest absolute Gasteiger partial charge is 0.117 e. The van der Waals surface area contributed by atoms with Crippen LogP contribution in [0, 0.1) is 0 Å². The van der Waals surface area contributed by atoms with Crippen LogP contribution < -0.4 is 4.90 Å². The van der Waals surface area contributed by atoms with E-state index in [2.05, 4.69) is 23.6 Å². The molecule has 0 aliphatic carbocycles. The molecule has 0 amide bonds. The highest BCUT2D eigenvalue weighted by Gasteiger charge is 2.17. The Morgan fingerprint density at radius 2 is 2.06 bits per heavy atom. The van der Waals surface area contributed by atoms with Crippen LogP contribution in [0.2, 0.25) is 5.02 Å². The van der Waals surface area contributed by atoms with Crippen molar-refractivity contribution >= 4 is 17.3 Å². The number of anilines is 1. The minimum atomic E-state index is 0.192. The lowest BCUT2D eigenvalue weighted by atomic mass is 10.3. The van der Waals surface area contributed by atoms with E-state index in [0.717, 1.165) is 12.4 Å². The fraction of sp³-hybridized carbons (Fsp3) is 0.333. The summed E-state index contributed by atoms with van der Waals surface area (Å²) in [6, 6.07) is 5.50. The Bertz CT molecular complexity index is 417. The Kier molecular flexibility index (Phi) is 2.97. The molecule has 1 aromatic rings. The van der Waals surface area contributed by atoms with Gasteiger partial charge in [0.25, 0.3) is 0 Å². The fourth-order valence-corrected chi connectivity index (χ4v) is 1.94. The lowest BCUT2D eigenvalue weighted by molar-refractivity contribution is 0.336. The molecule has 0 radical (unpaired) electrons. The molecule has 3 nitrogen and oxygen atoms in total. The number of phenols is 1. The van der Waals surface area contributed by atoms with Crippen LogP contribution in [0.25, 0.3) is 0 Å². The van der Waals surface area contributed by atoms with Crippen LogP contribution in [0.5, 0.6) is 5.75 Å². The van der Waals surface area contributed by atoms with Gasteiger partial charge in [0.05, 0.1) is 17.4 Å². The van der Waals surface area contributed by atoms with Gasteiger partial charge >= 0.3 is 0 Å². The van der Waals surface area contributed by atoms with Crippen molar-refractivity contribution in [2.24, 2.45) is 0 Å². The number of hydrogen-bond donors (Lipinski definition) is 1. The summed E-state index contributed by atoms with van der Waals surface area (Å²) in [4.78, 5) is 4.27. The van der Waals surface area contributed by atoms with Crippen molar-refractivity contribution in [1.29, 1.82) is 0 Å². The second-order valence-corrected chi connectivity index (χ2v) is 4.56. The second kappa shape index (κ2) is 4.26. The summed E-state index contributed by atoms with van der Waals surface area (Å²) in [5, 5.41) is 9.85. The van der Waals surface area contributed by atoms with Gasteiger partial charge in [-0.25, -0.2) is 0 Å². The lowest BCUT2D eigenvalue weighted by Gasteiger charge is -2.24. The third kappa shape index (κ3) is 2.09. The molecule has 2 rings (SSSR count). The van der Waals surface area contributed by atoms with Gasteiger partial charge in [-0.15, -0.1) is 0 Å². The number of halogens is 1. The summed E-state index contributed by atoms with van der Waals surface area (Å²) in [6.07, 6.45) is 4.05. The monoisotopic (exact) mass is 238 g/mol. The SMILES string of the molecule is CC(C)N1C=CN(c2ccc(O)cc2Cl)C1. The van der Waals surface area contributed by atoms with E-state index in [0.29, 0.717) is 11.1 Å². The maximum atomic E-state index is 9.29. The van der Waals surface area contributed by atoms with Gasteiger partial charge in [0.2, 0.25) is 0 Å². The molecule has 1 heterocycles. The predicted octanol–water partition coefficient (Wildman–Crippen LogP) is 3.00. The summed E-state index contributed by atoms with van der Waals surface area (Å²) in [5.41, 5.74) is 0.916. The van der Waals surface area contributed by atoms with Crippen LogP contribution in [0.15, 0.2) is 30.6 Å². The van der Waals surface area contributed by atoms with E-state index in [4.69, 9.17) is 11.6 Å². The minimum Gasteiger partial charge on any atom is -0.508 e. The van der Waals surface area contributed by atoms with Crippen molar-refractivity contribution in [3.63, 3.8) is 0 Å². The summed E-state index contributed by atoms with van der Waals surface area (Å²) in [7, 11) is 0. The van der Waals surface area contributed by atoms with Gasteiger partial charge < -0.3 is 14.9 Å². The zero-order valence-electron chi connectivity index (χ0n) is 9.39. The number of rotatable bonds is 2. The highest BCUT2D eigenvalue weighted by atomic mass is 35.5. The molecule has 86 valence electrons. The topological polar surface area (TPSA) is 26.7 Å². The molecular weight excluding hydrogens is 224 g/mol. The molecule has 0 unspecified atom stereocenters. The first-order chi connectivity index (χ1) is 7.58. The molecule has 1 aromatic carbocycles. The maximum absolute atomic E-state index is 9.29. The van der Waals surface area contributed by atoms with Gasteiger partial charge in [-0.05, 0) is 26.0 Å².